The van der Waals surface area contributed by atoms with Gasteiger partial charge in [-0.25, -0.2) is 0 Å². The molecule has 5 heteroatoms. The number of carbonyl (C=O) groups is 2. The summed E-state index contributed by atoms with van der Waals surface area (Å²) in [6, 6.07) is 7.80. The van der Waals surface area contributed by atoms with Gasteiger partial charge >= 0.3 is 0 Å². The summed E-state index contributed by atoms with van der Waals surface area (Å²) in [7, 11) is 0. The molecule has 0 radical (unpaired) electrons. The van der Waals surface area contributed by atoms with Gasteiger partial charge in [0, 0.05) is 33.1 Å². The Kier molecular flexibility index (Phi) is 7.84. The first kappa shape index (κ1) is 21.4. The van der Waals surface area contributed by atoms with Gasteiger partial charge in [-0.2, -0.15) is 0 Å². The number of carbonyl (C=O) groups excluding carboxylic acids is 2. The quantitative estimate of drug-likeness (QED) is 0.772. The molecule has 1 aromatic carbocycles. The Balaban J connectivity index is 2.00. The Morgan fingerprint density at radius 3 is 2.26 bits per heavy atom. The van der Waals surface area contributed by atoms with Crippen molar-refractivity contribution in [3.8, 4) is 0 Å². The Morgan fingerprint density at radius 2 is 1.70 bits per heavy atom. The number of nitrogens with zero attached hydrogens (tertiary/aromatic N) is 1. The second-order valence-corrected chi connectivity index (χ2v) is 8.55. The van der Waals surface area contributed by atoms with Crippen molar-refractivity contribution >= 4 is 11.8 Å². The number of piperidine rings is 1. The topological polar surface area (TPSA) is 61.4 Å². The number of likely N-dealkylation sites (tertiary alicyclic amines) is 1. The number of hydrogen-bond donors (Lipinski definition) is 2. The van der Waals surface area contributed by atoms with Gasteiger partial charge in [0.2, 0.25) is 11.8 Å². The van der Waals surface area contributed by atoms with Gasteiger partial charge in [-0.15, -0.1) is 0 Å². The van der Waals surface area contributed by atoms with Crippen LogP contribution in [0, 0.1) is 17.8 Å². The lowest BCUT2D eigenvalue weighted by Gasteiger charge is -2.35. The Hall–Kier alpha value is -1.88. The van der Waals surface area contributed by atoms with Crippen LogP contribution >= 0.6 is 0 Å². The van der Waals surface area contributed by atoms with Crippen molar-refractivity contribution in [2.75, 3.05) is 13.1 Å². The van der Waals surface area contributed by atoms with Gasteiger partial charge in [0.15, 0.2) is 0 Å². The molecule has 3 atom stereocenters. The second-order valence-electron chi connectivity index (χ2n) is 8.55. The van der Waals surface area contributed by atoms with Gasteiger partial charge in [0.25, 0.3) is 0 Å². The largest absolute Gasteiger partial charge is 0.350 e. The molecule has 150 valence electrons. The summed E-state index contributed by atoms with van der Waals surface area (Å²) in [5.41, 5.74) is 2.40. The molecule has 5 nitrogen and oxygen atoms in total. The molecule has 1 aliphatic heterocycles. The van der Waals surface area contributed by atoms with Crippen LogP contribution in [0.15, 0.2) is 24.3 Å². The molecule has 1 saturated heterocycles. The minimum Gasteiger partial charge on any atom is -0.350 e. The van der Waals surface area contributed by atoms with E-state index >= 15 is 0 Å². The maximum atomic E-state index is 12.5. The van der Waals surface area contributed by atoms with E-state index in [1.807, 2.05) is 19.9 Å². The molecule has 0 aliphatic carbocycles. The molecule has 1 heterocycles. The summed E-state index contributed by atoms with van der Waals surface area (Å²) < 4.78 is 0. The van der Waals surface area contributed by atoms with E-state index in [4.69, 9.17) is 0 Å². The first-order chi connectivity index (χ1) is 12.8. The van der Waals surface area contributed by atoms with E-state index in [1.165, 1.54) is 18.9 Å². The van der Waals surface area contributed by atoms with Crippen LogP contribution < -0.4 is 10.6 Å². The minimum absolute atomic E-state index is 0.0421. The average molecular weight is 374 g/mol. The molecular formula is C22H35N3O2. The second kappa shape index (κ2) is 9.88. The Morgan fingerprint density at radius 1 is 1.11 bits per heavy atom. The first-order valence-electron chi connectivity index (χ1n) is 10.1. The van der Waals surface area contributed by atoms with E-state index in [2.05, 4.69) is 47.6 Å². The van der Waals surface area contributed by atoms with Crippen LogP contribution in [0.3, 0.4) is 0 Å². The van der Waals surface area contributed by atoms with Crippen LogP contribution in [0.4, 0.5) is 0 Å². The molecular weight excluding hydrogens is 338 g/mol. The molecule has 1 aliphatic rings. The lowest BCUT2D eigenvalue weighted by atomic mass is 9.91. The summed E-state index contributed by atoms with van der Waals surface area (Å²) in [6.45, 7) is 13.6. The van der Waals surface area contributed by atoms with Crippen molar-refractivity contribution < 1.29 is 9.59 Å². The van der Waals surface area contributed by atoms with Crippen molar-refractivity contribution in [2.24, 2.45) is 17.8 Å². The Labute approximate surface area is 163 Å². The number of benzene rings is 1. The zero-order valence-corrected chi connectivity index (χ0v) is 17.4. The summed E-state index contributed by atoms with van der Waals surface area (Å²) in [4.78, 5) is 26.4. The molecule has 0 saturated carbocycles. The normalized spacial score (nSPS) is 21.7. The predicted molar refractivity (Wildman–Crippen MR) is 109 cm³/mol. The van der Waals surface area contributed by atoms with Crippen molar-refractivity contribution in [3.63, 3.8) is 0 Å². The van der Waals surface area contributed by atoms with E-state index < -0.39 is 6.04 Å². The number of amides is 2. The number of nitrogens with one attached hydrogen (secondary N) is 2. The smallest absolute Gasteiger partial charge is 0.243 e. The fourth-order valence-electron chi connectivity index (χ4n) is 4.09. The molecule has 0 spiro atoms. The number of hydrogen-bond acceptors (Lipinski definition) is 3. The molecule has 0 aromatic heterocycles. The molecule has 2 rings (SSSR count). The van der Waals surface area contributed by atoms with Crippen LogP contribution in [0.25, 0.3) is 0 Å². The third-order valence-electron chi connectivity index (χ3n) is 5.22. The highest BCUT2D eigenvalue weighted by Gasteiger charge is 2.24. The summed E-state index contributed by atoms with van der Waals surface area (Å²) in [6.07, 6.45) is 1.30. The lowest BCUT2D eigenvalue weighted by molar-refractivity contribution is -0.129. The molecule has 0 unspecified atom stereocenters. The fourth-order valence-corrected chi connectivity index (χ4v) is 4.09. The third kappa shape index (κ3) is 6.65. The molecule has 2 amide bonds. The molecule has 27 heavy (non-hydrogen) atoms. The van der Waals surface area contributed by atoms with E-state index in [-0.39, 0.29) is 17.7 Å². The van der Waals surface area contributed by atoms with Gasteiger partial charge in [0.05, 0.1) is 0 Å². The SMILES string of the molecule is CC(=O)N[C@H](C(=O)NCc1ccccc1CN1C[C@H](C)C[C@H](C)C1)C(C)C. The van der Waals surface area contributed by atoms with Gasteiger partial charge in [0.1, 0.15) is 6.04 Å². The highest BCUT2D eigenvalue weighted by Crippen LogP contribution is 2.23. The maximum absolute atomic E-state index is 12.5. The van der Waals surface area contributed by atoms with Gasteiger partial charge in [-0.05, 0) is 35.3 Å². The average Bonchev–Trinajstić information content (AvgIpc) is 2.57. The van der Waals surface area contributed by atoms with Crippen molar-refractivity contribution in [1.82, 2.24) is 15.5 Å². The van der Waals surface area contributed by atoms with E-state index in [0.717, 1.165) is 37.0 Å². The van der Waals surface area contributed by atoms with Crippen molar-refractivity contribution in [2.45, 2.75) is 60.2 Å². The van der Waals surface area contributed by atoms with Gasteiger partial charge < -0.3 is 10.6 Å². The maximum Gasteiger partial charge on any atom is 0.243 e. The van der Waals surface area contributed by atoms with E-state index in [9.17, 15) is 9.59 Å². The first-order valence-corrected chi connectivity index (χ1v) is 10.1. The van der Waals surface area contributed by atoms with Crippen LogP contribution in [-0.2, 0) is 22.7 Å². The standard InChI is InChI=1S/C22H35N3O2/c1-15(2)21(24-18(5)26)22(27)23-11-19-8-6-7-9-20(19)14-25-12-16(3)10-17(4)13-25/h6-9,15-17,21H,10-14H2,1-5H3,(H,23,27)(H,24,26)/t16-,17+,21-/m0/s1. The lowest BCUT2D eigenvalue weighted by Crippen LogP contribution is -2.48. The molecule has 2 N–H and O–H groups in total. The minimum atomic E-state index is -0.501. The van der Waals surface area contributed by atoms with E-state index in [0.29, 0.717) is 6.54 Å². The fraction of sp³-hybridized carbons (Fsp3) is 0.636. The van der Waals surface area contributed by atoms with Crippen LogP contribution in [0.5, 0.6) is 0 Å². The summed E-state index contributed by atoms with van der Waals surface area (Å²) in [5.74, 6) is 1.18. The number of rotatable bonds is 7. The van der Waals surface area contributed by atoms with E-state index in [1.54, 1.807) is 0 Å². The predicted octanol–water partition coefficient (Wildman–Crippen LogP) is 2.94. The Bertz CT molecular complexity index is 634. The van der Waals surface area contributed by atoms with Crippen LogP contribution in [0.2, 0.25) is 0 Å². The van der Waals surface area contributed by atoms with Crippen LogP contribution in [0.1, 0.15) is 52.2 Å². The molecule has 1 aromatic rings. The highest BCUT2D eigenvalue weighted by atomic mass is 16.2. The zero-order valence-electron chi connectivity index (χ0n) is 17.4. The molecule has 0 bridgehead atoms. The monoisotopic (exact) mass is 373 g/mol. The highest BCUT2D eigenvalue weighted by molar-refractivity contribution is 5.87. The van der Waals surface area contributed by atoms with Crippen LogP contribution in [-0.4, -0.2) is 35.8 Å². The molecule has 1 fully saturated rings. The summed E-state index contributed by atoms with van der Waals surface area (Å²) >= 11 is 0. The van der Waals surface area contributed by atoms with Gasteiger partial charge in [-0.3, -0.25) is 14.5 Å². The third-order valence-corrected chi connectivity index (χ3v) is 5.22. The van der Waals surface area contributed by atoms with Crippen molar-refractivity contribution in [1.29, 1.82) is 0 Å². The summed E-state index contributed by atoms with van der Waals surface area (Å²) in [5, 5.41) is 5.75. The zero-order chi connectivity index (χ0) is 20.0. The van der Waals surface area contributed by atoms with Crippen molar-refractivity contribution in [3.05, 3.63) is 35.4 Å². The van der Waals surface area contributed by atoms with Gasteiger partial charge in [-0.1, -0.05) is 52.0 Å².